The molecule has 0 amide bonds. The van der Waals surface area contributed by atoms with Crippen LogP contribution in [-0.2, 0) is 4.74 Å². The van der Waals surface area contributed by atoms with Gasteiger partial charge in [-0.1, -0.05) is 20.3 Å². The molecule has 2 aliphatic rings. The summed E-state index contributed by atoms with van der Waals surface area (Å²) in [5, 5.41) is 3.83. The lowest BCUT2D eigenvalue weighted by Gasteiger charge is -2.30. The third kappa shape index (κ3) is 2.78. The van der Waals surface area contributed by atoms with E-state index in [2.05, 4.69) is 19.2 Å². The van der Waals surface area contributed by atoms with Crippen LogP contribution in [-0.4, -0.2) is 26.3 Å². The molecule has 0 bridgehead atoms. The molecule has 1 N–H and O–H groups in total. The molecule has 2 fully saturated rings. The lowest BCUT2D eigenvalue weighted by atomic mass is 9.87. The first-order valence-electron chi connectivity index (χ1n) is 6.80. The van der Waals surface area contributed by atoms with Gasteiger partial charge < -0.3 is 10.1 Å². The maximum absolute atomic E-state index is 5.20. The molecule has 2 nitrogen and oxygen atoms in total. The molecule has 0 aromatic heterocycles. The van der Waals surface area contributed by atoms with E-state index in [1.165, 1.54) is 45.1 Å². The first-order valence-corrected chi connectivity index (χ1v) is 6.80. The largest absolute Gasteiger partial charge is 0.385 e. The van der Waals surface area contributed by atoms with Gasteiger partial charge in [-0.15, -0.1) is 0 Å². The molecule has 2 saturated carbocycles. The van der Waals surface area contributed by atoms with Gasteiger partial charge >= 0.3 is 0 Å². The number of hydrogen-bond donors (Lipinski definition) is 1. The fourth-order valence-electron chi connectivity index (χ4n) is 3.06. The second-order valence-electron chi connectivity index (χ2n) is 6.56. The first-order chi connectivity index (χ1) is 7.58. The van der Waals surface area contributed by atoms with E-state index in [4.69, 9.17) is 4.74 Å². The van der Waals surface area contributed by atoms with Crippen molar-refractivity contribution in [3.8, 4) is 0 Å². The molecular weight excluding hydrogens is 198 g/mol. The zero-order chi connectivity index (χ0) is 11.6. The molecule has 16 heavy (non-hydrogen) atoms. The molecule has 0 aromatic carbocycles. The van der Waals surface area contributed by atoms with Gasteiger partial charge in [0.25, 0.3) is 0 Å². The minimum Gasteiger partial charge on any atom is -0.385 e. The summed E-state index contributed by atoms with van der Waals surface area (Å²) in [7, 11) is 1.81. The van der Waals surface area contributed by atoms with Crippen LogP contribution in [0.1, 0.15) is 52.4 Å². The van der Waals surface area contributed by atoms with Crippen molar-refractivity contribution in [2.24, 2.45) is 10.8 Å². The third-order valence-corrected chi connectivity index (χ3v) is 4.77. The Morgan fingerprint density at radius 2 is 2.00 bits per heavy atom. The predicted molar refractivity (Wildman–Crippen MR) is 67.6 cm³/mol. The van der Waals surface area contributed by atoms with Crippen LogP contribution < -0.4 is 5.32 Å². The molecule has 0 aliphatic heterocycles. The smallest absolute Gasteiger partial charge is 0.0468 e. The van der Waals surface area contributed by atoms with Gasteiger partial charge in [-0.3, -0.25) is 0 Å². The normalized spacial score (nSPS) is 30.6. The Morgan fingerprint density at radius 3 is 2.50 bits per heavy atom. The van der Waals surface area contributed by atoms with E-state index in [0.717, 1.165) is 12.6 Å². The summed E-state index contributed by atoms with van der Waals surface area (Å²) < 4.78 is 5.20. The fraction of sp³-hybridized carbons (Fsp3) is 1.00. The molecule has 0 unspecified atom stereocenters. The zero-order valence-corrected chi connectivity index (χ0v) is 11.1. The van der Waals surface area contributed by atoms with Gasteiger partial charge in [0.05, 0.1) is 0 Å². The highest BCUT2D eigenvalue weighted by molar-refractivity contribution is 4.98. The van der Waals surface area contributed by atoms with Gasteiger partial charge in [-0.2, -0.15) is 0 Å². The Morgan fingerprint density at radius 1 is 1.25 bits per heavy atom. The monoisotopic (exact) mass is 225 g/mol. The SMILES string of the molecule is COCCC1(CN[C@H]2CCCC2(C)C)CC1. The van der Waals surface area contributed by atoms with Crippen LogP contribution in [0.4, 0.5) is 0 Å². The van der Waals surface area contributed by atoms with Crippen molar-refractivity contribution in [2.45, 2.75) is 58.4 Å². The van der Waals surface area contributed by atoms with Gasteiger partial charge in [0.15, 0.2) is 0 Å². The van der Waals surface area contributed by atoms with Crippen molar-refractivity contribution in [1.29, 1.82) is 0 Å². The highest BCUT2D eigenvalue weighted by Crippen LogP contribution is 2.49. The Labute approximate surface area is 100 Å². The molecule has 94 valence electrons. The van der Waals surface area contributed by atoms with Crippen LogP contribution in [0.25, 0.3) is 0 Å². The Hall–Kier alpha value is -0.0800. The Kier molecular flexibility index (Phi) is 3.60. The highest BCUT2D eigenvalue weighted by atomic mass is 16.5. The molecule has 0 heterocycles. The molecule has 0 radical (unpaired) electrons. The summed E-state index contributed by atoms with van der Waals surface area (Å²) in [6, 6.07) is 0.743. The highest BCUT2D eigenvalue weighted by Gasteiger charge is 2.43. The van der Waals surface area contributed by atoms with Crippen molar-refractivity contribution in [1.82, 2.24) is 5.32 Å². The summed E-state index contributed by atoms with van der Waals surface area (Å²) in [4.78, 5) is 0. The number of rotatable bonds is 6. The van der Waals surface area contributed by atoms with Crippen LogP contribution in [0.15, 0.2) is 0 Å². The fourth-order valence-corrected chi connectivity index (χ4v) is 3.06. The maximum Gasteiger partial charge on any atom is 0.0468 e. The van der Waals surface area contributed by atoms with E-state index in [-0.39, 0.29) is 0 Å². The topological polar surface area (TPSA) is 21.3 Å². The van der Waals surface area contributed by atoms with Crippen molar-refractivity contribution in [3.63, 3.8) is 0 Å². The van der Waals surface area contributed by atoms with Gasteiger partial charge in [-0.25, -0.2) is 0 Å². The van der Waals surface area contributed by atoms with Crippen LogP contribution in [0.2, 0.25) is 0 Å². The molecular formula is C14H27NO. The van der Waals surface area contributed by atoms with Crippen LogP contribution in [0, 0.1) is 10.8 Å². The molecule has 2 heteroatoms. The van der Waals surface area contributed by atoms with Crippen molar-refractivity contribution < 1.29 is 4.74 Å². The average molecular weight is 225 g/mol. The number of nitrogens with one attached hydrogen (secondary N) is 1. The predicted octanol–water partition coefficient (Wildman–Crippen LogP) is 2.97. The van der Waals surface area contributed by atoms with Crippen molar-refractivity contribution in [2.75, 3.05) is 20.3 Å². The van der Waals surface area contributed by atoms with Gasteiger partial charge in [0.2, 0.25) is 0 Å². The standard InChI is InChI=1S/C14H27NO/c1-13(2)6-4-5-12(13)15-11-14(7-8-14)9-10-16-3/h12,15H,4-11H2,1-3H3/t12-/m0/s1. The molecule has 2 rings (SSSR count). The van der Waals surface area contributed by atoms with Gasteiger partial charge in [0.1, 0.15) is 0 Å². The average Bonchev–Trinajstić information content (AvgIpc) is 2.93. The number of ether oxygens (including phenoxy) is 1. The number of methoxy groups -OCH3 is 1. The molecule has 1 atom stereocenters. The van der Waals surface area contributed by atoms with Crippen LogP contribution in [0.3, 0.4) is 0 Å². The van der Waals surface area contributed by atoms with Gasteiger partial charge in [-0.05, 0) is 42.9 Å². The van der Waals surface area contributed by atoms with Gasteiger partial charge in [0, 0.05) is 26.3 Å². The zero-order valence-electron chi connectivity index (χ0n) is 11.1. The third-order valence-electron chi connectivity index (χ3n) is 4.77. The van der Waals surface area contributed by atoms with E-state index < -0.39 is 0 Å². The minimum absolute atomic E-state index is 0.511. The van der Waals surface area contributed by atoms with Crippen molar-refractivity contribution >= 4 is 0 Å². The lowest BCUT2D eigenvalue weighted by molar-refractivity contribution is 0.167. The summed E-state index contributed by atoms with van der Waals surface area (Å²) >= 11 is 0. The summed E-state index contributed by atoms with van der Waals surface area (Å²) in [5.41, 5.74) is 1.10. The van der Waals surface area contributed by atoms with Crippen LogP contribution >= 0.6 is 0 Å². The second-order valence-corrected chi connectivity index (χ2v) is 6.56. The minimum atomic E-state index is 0.511. The van der Waals surface area contributed by atoms with E-state index in [0.29, 0.717) is 10.8 Å². The summed E-state index contributed by atoms with van der Waals surface area (Å²) in [6.07, 6.45) is 8.19. The molecule has 2 aliphatic carbocycles. The second kappa shape index (κ2) is 4.66. The molecule has 0 aromatic rings. The van der Waals surface area contributed by atoms with E-state index in [9.17, 15) is 0 Å². The van der Waals surface area contributed by atoms with Crippen LogP contribution in [0.5, 0.6) is 0 Å². The quantitative estimate of drug-likeness (QED) is 0.750. The van der Waals surface area contributed by atoms with E-state index in [1.54, 1.807) is 0 Å². The van der Waals surface area contributed by atoms with E-state index >= 15 is 0 Å². The van der Waals surface area contributed by atoms with E-state index in [1.807, 2.05) is 7.11 Å². The first kappa shape index (κ1) is 12.4. The number of hydrogen-bond acceptors (Lipinski definition) is 2. The molecule has 0 spiro atoms. The summed E-state index contributed by atoms with van der Waals surface area (Å²) in [5.74, 6) is 0. The molecule has 0 saturated heterocycles. The Balaban J connectivity index is 1.75. The maximum atomic E-state index is 5.20. The Bertz CT molecular complexity index is 233. The summed E-state index contributed by atoms with van der Waals surface area (Å²) in [6.45, 7) is 6.96. The lowest BCUT2D eigenvalue weighted by Crippen LogP contribution is -2.40. The van der Waals surface area contributed by atoms with Crippen molar-refractivity contribution in [3.05, 3.63) is 0 Å².